The third-order valence-electron chi connectivity index (χ3n) is 4.37. The first kappa shape index (κ1) is 13.3. The molecule has 1 heterocycles. The van der Waals surface area contributed by atoms with Crippen molar-refractivity contribution in [3.8, 4) is 0 Å². The maximum absolute atomic E-state index is 4.79. The van der Waals surface area contributed by atoms with Gasteiger partial charge in [0.05, 0.1) is 0 Å². The second-order valence-electron chi connectivity index (χ2n) is 5.94. The second-order valence-corrected chi connectivity index (χ2v) is 6.75. The molecule has 0 saturated heterocycles. The van der Waals surface area contributed by atoms with Crippen LogP contribution in [0.3, 0.4) is 0 Å². The monoisotopic (exact) mass is 323 g/mol. The van der Waals surface area contributed by atoms with Crippen LogP contribution in [0, 0.1) is 0 Å². The van der Waals surface area contributed by atoms with Crippen LogP contribution < -0.4 is 4.90 Å². The number of halogens is 1. The molecule has 0 unspecified atom stereocenters. The van der Waals surface area contributed by atoms with Gasteiger partial charge in [-0.1, -0.05) is 25.7 Å². The van der Waals surface area contributed by atoms with E-state index in [4.69, 9.17) is 4.98 Å². The van der Waals surface area contributed by atoms with Crippen molar-refractivity contribution in [3.05, 3.63) is 16.5 Å². The number of nitrogens with zero attached hydrogens (tertiary/aromatic N) is 3. The van der Waals surface area contributed by atoms with Gasteiger partial charge in [-0.3, -0.25) is 0 Å². The highest BCUT2D eigenvalue weighted by Gasteiger charge is 2.28. The SMILES string of the molecule is CN(c1cc(Br)nc(C2CC2)n1)C1CCCCCC1. The van der Waals surface area contributed by atoms with Crippen molar-refractivity contribution in [1.82, 2.24) is 9.97 Å². The van der Waals surface area contributed by atoms with Gasteiger partial charge in [0.2, 0.25) is 0 Å². The van der Waals surface area contributed by atoms with Crippen LogP contribution >= 0.6 is 15.9 Å². The van der Waals surface area contributed by atoms with Crippen LogP contribution in [0.15, 0.2) is 10.7 Å². The number of rotatable bonds is 3. The smallest absolute Gasteiger partial charge is 0.135 e. The van der Waals surface area contributed by atoms with E-state index in [1.807, 2.05) is 0 Å². The fourth-order valence-electron chi connectivity index (χ4n) is 2.96. The van der Waals surface area contributed by atoms with Gasteiger partial charge in [-0.2, -0.15) is 0 Å². The van der Waals surface area contributed by atoms with Gasteiger partial charge >= 0.3 is 0 Å². The molecule has 0 aromatic carbocycles. The van der Waals surface area contributed by atoms with Crippen molar-refractivity contribution >= 4 is 21.7 Å². The average molecular weight is 324 g/mol. The summed E-state index contributed by atoms with van der Waals surface area (Å²) in [6, 6.07) is 2.72. The van der Waals surface area contributed by atoms with Gasteiger partial charge in [0, 0.05) is 25.1 Å². The van der Waals surface area contributed by atoms with Crippen LogP contribution in [-0.4, -0.2) is 23.1 Å². The van der Waals surface area contributed by atoms with Crippen LogP contribution in [0.1, 0.15) is 63.1 Å². The topological polar surface area (TPSA) is 29.0 Å². The Morgan fingerprint density at radius 1 is 1.05 bits per heavy atom. The zero-order valence-electron chi connectivity index (χ0n) is 11.6. The maximum atomic E-state index is 4.79. The van der Waals surface area contributed by atoms with Crippen molar-refractivity contribution in [1.29, 1.82) is 0 Å². The molecule has 1 aromatic heterocycles. The summed E-state index contributed by atoms with van der Waals surface area (Å²) in [6.45, 7) is 0. The second kappa shape index (κ2) is 5.78. The van der Waals surface area contributed by atoms with Gasteiger partial charge in [-0.15, -0.1) is 0 Å². The lowest BCUT2D eigenvalue weighted by molar-refractivity contribution is 0.548. The number of hydrogen-bond donors (Lipinski definition) is 0. The highest BCUT2D eigenvalue weighted by Crippen LogP contribution is 2.39. The molecule has 3 rings (SSSR count). The van der Waals surface area contributed by atoms with E-state index in [1.165, 1.54) is 51.4 Å². The van der Waals surface area contributed by atoms with Gasteiger partial charge in [0.1, 0.15) is 16.2 Å². The number of aromatic nitrogens is 2. The first-order chi connectivity index (χ1) is 9.24. The average Bonchev–Trinajstić information content (AvgIpc) is 3.23. The Bertz CT molecular complexity index is 437. The zero-order valence-corrected chi connectivity index (χ0v) is 13.2. The summed E-state index contributed by atoms with van der Waals surface area (Å²) in [6.07, 6.45) is 10.6. The third-order valence-corrected chi connectivity index (χ3v) is 4.78. The summed E-state index contributed by atoms with van der Waals surface area (Å²) in [5, 5.41) is 0. The largest absolute Gasteiger partial charge is 0.357 e. The number of hydrogen-bond acceptors (Lipinski definition) is 3. The molecule has 2 saturated carbocycles. The first-order valence-electron chi connectivity index (χ1n) is 7.51. The lowest BCUT2D eigenvalue weighted by Gasteiger charge is -2.28. The van der Waals surface area contributed by atoms with Crippen LogP contribution in [0.5, 0.6) is 0 Å². The molecule has 0 radical (unpaired) electrons. The maximum Gasteiger partial charge on any atom is 0.135 e. The highest BCUT2D eigenvalue weighted by atomic mass is 79.9. The Morgan fingerprint density at radius 3 is 2.37 bits per heavy atom. The molecule has 0 spiro atoms. The van der Waals surface area contributed by atoms with Gasteiger partial charge in [0.25, 0.3) is 0 Å². The Balaban J connectivity index is 1.79. The minimum Gasteiger partial charge on any atom is -0.357 e. The molecule has 0 aliphatic heterocycles. The van der Waals surface area contributed by atoms with Crippen LogP contribution in [0.4, 0.5) is 5.82 Å². The summed E-state index contributed by atoms with van der Waals surface area (Å²) in [5.74, 6) is 2.74. The summed E-state index contributed by atoms with van der Waals surface area (Å²) >= 11 is 3.54. The molecule has 1 aromatic rings. The molecular weight excluding hydrogens is 302 g/mol. The summed E-state index contributed by atoms with van der Waals surface area (Å²) in [7, 11) is 2.20. The van der Waals surface area contributed by atoms with E-state index in [2.05, 4.69) is 38.9 Å². The van der Waals surface area contributed by atoms with Crippen LogP contribution in [0.25, 0.3) is 0 Å². The molecule has 3 nitrogen and oxygen atoms in total. The van der Waals surface area contributed by atoms with Gasteiger partial charge in [0.15, 0.2) is 0 Å². The fourth-order valence-corrected chi connectivity index (χ4v) is 3.35. The van der Waals surface area contributed by atoms with E-state index < -0.39 is 0 Å². The number of anilines is 1. The van der Waals surface area contributed by atoms with Crippen LogP contribution in [-0.2, 0) is 0 Å². The highest BCUT2D eigenvalue weighted by molar-refractivity contribution is 9.10. The molecule has 0 N–H and O–H groups in total. The predicted octanol–water partition coefficient (Wildman–Crippen LogP) is 4.28. The fraction of sp³-hybridized carbons (Fsp3) is 0.733. The summed E-state index contributed by atoms with van der Waals surface area (Å²) in [5.41, 5.74) is 0. The van der Waals surface area contributed by atoms with E-state index in [0.717, 1.165) is 16.2 Å². The van der Waals surface area contributed by atoms with E-state index in [9.17, 15) is 0 Å². The van der Waals surface area contributed by atoms with Gasteiger partial charge in [-0.25, -0.2) is 9.97 Å². The Labute approximate surface area is 124 Å². The van der Waals surface area contributed by atoms with Crippen molar-refractivity contribution in [3.63, 3.8) is 0 Å². The van der Waals surface area contributed by atoms with Crippen molar-refractivity contribution in [2.24, 2.45) is 0 Å². The van der Waals surface area contributed by atoms with E-state index in [0.29, 0.717) is 12.0 Å². The minimum atomic E-state index is 0.610. The Morgan fingerprint density at radius 2 is 1.74 bits per heavy atom. The minimum absolute atomic E-state index is 0.610. The standard InChI is InChI=1S/C15H22BrN3/c1-19(12-6-4-2-3-5-7-12)14-10-13(16)17-15(18-14)11-8-9-11/h10-12H,2-9H2,1H3. The Kier molecular flexibility index (Phi) is 4.06. The molecule has 0 atom stereocenters. The molecular formula is C15H22BrN3. The van der Waals surface area contributed by atoms with Crippen LogP contribution in [0.2, 0.25) is 0 Å². The molecule has 2 aliphatic carbocycles. The molecule has 19 heavy (non-hydrogen) atoms. The molecule has 0 bridgehead atoms. The van der Waals surface area contributed by atoms with E-state index in [1.54, 1.807) is 0 Å². The van der Waals surface area contributed by atoms with Gasteiger partial charge < -0.3 is 4.90 Å². The van der Waals surface area contributed by atoms with E-state index >= 15 is 0 Å². The summed E-state index contributed by atoms with van der Waals surface area (Å²) < 4.78 is 0.930. The quantitative estimate of drug-likeness (QED) is 0.614. The molecule has 2 fully saturated rings. The Hall–Kier alpha value is -0.640. The normalized spacial score (nSPS) is 21.2. The van der Waals surface area contributed by atoms with E-state index in [-0.39, 0.29) is 0 Å². The first-order valence-corrected chi connectivity index (χ1v) is 8.30. The van der Waals surface area contributed by atoms with Crippen molar-refractivity contribution in [2.45, 2.75) is 63.3 Å². The van der Waals surface area contributed by atoms with Crippen molar-refractivity contribution in [2.75, 3.05) is 11.9 Å². The van der Waals surface area contributed by atoms with Gasteiger partial charge in [-0.05, 0) is 41.6 Å². The predicted molar refractivity (Wildman–Crippen MR) is 81.6 cm³/mol. The van der Waals surface area contributed by atoms with Crippen molar-refractivity contribution < 1.29 is 0 Å². The zero-order chi connectivity index (χ0) is 13.2. The molecule has 0 amide bonds. The molecule has 2 aliphatic rings. The lowest BCUT2D eigenvalue weighted by Crippen LogP contribution is -2.32. The lowest BCUT2D eigenvalue weighted by atomic mass is 10.1. The summed E-state index contributed by atoms with van der Waals surface area (Å²) in [4.78, 5) is 11.7. The third kappa shape index (κ3) is 3.28. The molecule has 104 valence electrons. The molecule has 4 heteroatoms.